The zero-order valence-electron chi connectivity index (χ0n) is 16.4. The number of nitrogens with one attached hydrogen (secondary N) is 2. The smallest absolute Gasteiger partial charge is 0.256 e. The highest BCUT2D eigenvalue weighted by molar-refractivity contribution is 5.99. The van der Waals surface area contributed by atoms with Crippen LogP contribution in [0.25, 0.3) is 22.6 Å². The third-order valence-corrected chi connectivity index (χ3v) is 5.12. The summed E-state index contributed by atoms with van der Waals surface area (Å²) in [6.45, 7) is 0. The molecule has 8 nitrogen and oxygen atoms in total. The number of carbonyl (C=O) groups is 2. The number of anilines is 1. The number of aryl methyl sites for hydroxylation is 2. The van der Waals surface area contributed by atoms with Crippen LogP contribution in [0, 0.1) is 5.92 Å². The van der Waals surface area contributed by atoms with Crippen LogP contribution in [0.4, 0.5) is 5.69 Å². The van der Waals surface area contributed by atoms with Gasteiger partial charge in [-0.15, -0.1) is 0 Å². The first-order chi connectivity index (χ1) is 13.4. The fraction of sp³-hybridized carbons (Fsp3) is 0.350. The Morgan fingerprint density at radius 3 is 2.64 bits per heavy atom. The number of hydrogen-bond donors (Lipinski definition) is 2. The van der Waals surface area contributed by atoms with Gasteiger partial charge in [0.15, 0.2) is 11.6 Å². The van der Waals surface area contributed by atoms with Gasteiger partial charge in [0.1, 0.15) is 5.69 Å². The normalized spacial score (nSPS) is 13.6. The van der Waals surface area contributed by atoms with E-state index < -0.39 is 0 Å². The van der Waals surface area contributed by atoms with Crippen molar-refractivity contribution in [3.05, 3.63) is 30.0 Å². The van der Waals surface area contributed by atoms with Crippen LogP contribution in [0.15, 0.2) is 24.4 Å². The highest BCUT2D eigenvalue weighted by Crippen LogP contribution is 2.36. The first-order valence-electron chi connectivity index (χ1n) is 9.17. The molecule has 0 spiro atoms. The SMILES string of the molecule is CNC(=O)c1cn(C)c(-c2nc3cc(NC(=O)C4CC4)ccc3n2C)c1OC. The highest BCUT2D eigenvalue weighted by atomic mass is 16.5. The predicted octanol–water partition coefficient (Wildman–Crippen LogP) is 2.30. The molecule has 0 saturated heterocycles. The largest absolute Gasteiger partial charge is 0.494 e. The van der Waals surface area contributed by atoms with Crippen LogP contribution in [0.1, 0.15) is 23.2 Å². The zero-order valence-corrected chi connectivity index (χ0v) is 16.4. The summed E-state index contributed by atoms with van der Waals surface area (Å²) in [5, 5.41) is 5.58. The number of hydrogen-bond acceptors (Lipinski definition) is 4. The molecule has 1 aliphatic carbocycles. The number of carbonyl (C=O) groups excluding carboxylic acids is 2. The maximum atomic E-state index is 12.2. The number of amides is 2. The Balaban J connectivity index is 1.79. The Bertz CT molecular complexity index is 1090. The molecule has 1 fully saturated rings. The van der Waals surface area contributed by atoms with Crippen LogP contribution in [-0.4, -0.2) is 40.1 Å². The lowest BCUT2D eigenvalue weighted by Crippen LogP contribution is -2.17. The van der Waals surface area contributed by atoms with E-state index in [2.05, 4.69) is 10.6 Å². The second kappa shape index (κ2) is 6.70. The third-order valence-electron chi connectivity index (χ3n) is 5.12. The summed E-state index contributed by atoms with van der Waals surface area (Å²) in [5.74, 6) is 1.14. The number of benzene rings is 1. The van der Waals surface area contributed by atoms with E-state index in [1.807, 2.05) is 41.4 Å². The van der Waals surface area contributed by atoms with Gasteiger partial charge in [0.2, 0.25) is 5.91 Å². The van der Waals surface area contributed by atoms with E-state index in [0.29, 0.717) is 22.8 Å². The van der Waals surface area contributed by atoms with Crippen molar-refractivity contribution in [1.82, 2.24) is 19.4 Å². The number of rotatable bonds is 5. The molecule has 28 heavy (non-hydrogen) atoms. The molecule has 0 bridgehead atoms. The average molecular weight is 381 g/mol. The van der Waals surface area contributed by atoms with Crippen LogP contribution >= 0.6 is 0 Å². The minimum absolute atomic E-state index is 0.0647. The van der Waals surface area contributed by atoms with Crippen molar-refractivity contribution in [2.75, 3.05) is 19.5 Å². The van der Waals surface area contributed by atoms with Crippen LogP contribution in [0.5, 0.6) is 5.75 Å². The molecule has 4 rings (SSSR count). The fourth-order valence-electron chi connectivity index (χ4n) is 3.45. The first kappa shape index (κ1) is 18.1. The maximum Gasteiger partial charge on any atom is 0.256 e. The zero-order chi connectivity index (χ0) is 20.0. The Morgan fingerprint density at radius 1 is 1.25 bits per heavy atom. The molecule has 0 unspecified atom stereocenters. The number of imidazole rings is 1. The summed E-state index contributed by atoms with van der Waals surface area (Å²) in [7, 11) is 6.89. The monoisotopic (exact) mass is 381 g/mol. The second-order valence-electron chi connectivity index (χ2n) is 7.08. The summed E-state index contributed by atoms with van der Waals surface area (Å²) in [4.78, 5) is 29.0. The lowest BCUT2D eigenvalue weighted by atomic mass is 10.2. The number of ether oxygens (including phenoxy) is 1. The lowest BCUT2D eigenvalue weighted by molar-refractivity contribution is -0.117. The minimum atomic E-state index is -0.220. The van der Waals surface area contributed by atoms with E-state index in [4.69, 9.17) is 9.72 Å². The molecule has 8 heteroatoms. The topological polar surface area (TPSA) is 90.2 Å². The van der Waals surface area contributed by atoms with E-state index in [9.17, 15) is 9.59 Å². The summed E-state index contributed by atoms with van der Waals surface area (Å²) in [6.07, 6.45) is 3.65. The molecule has 2 amide bonds. The van der Waals surface area contributed by atoms with Gasteiger partial charge >= 0.3 is 0 Å². The van der Waals surface area contributed by atoms with Gasteiger partial charge in [-0.05, 0) is 31.0 Å². The Hall–Kier alpha value is -3.29. The molecule has 146 valence electrons. The molecule has 3 aromatic rings. The van der Waals surface area contributed by atoms with Crippen LogP contribution in [0.3, 0.4) is 0 Å². The molecule has 1 aliphatic rings. The molecular weight excluding hydrogens is 358 g/mol. The maximum absolute atomic E-state index is 12.2. The minimum Gasteiger partial charge on any atom is -0.494 e. The van der Waals surface area contributed by atoms with Crippen molar-refractivity contribution < 1.29 is 14.3 Å². The summed E-state index contributed by atoms with van der Waals surface area (Å²) >= 11 is 0. The number of nitrogens with zero attached hydrogens (tertiary/aromatic N) is 3. The van der Waals surface area contributed by atoms with E-state index in [-0.39, 0.29) is 17.7 Å². The Morgan fingerprint density at radius 2 is 2.00 bits per heavy atom. The molecular formula is C20H23N5O3. The number of aromatic nitrogens is 3. The Kier molecular flexibility index (Phi) is 4.33. The van der Waals surface area contributed by atoms with Gasteiger partial charge in [-0.3, -0.25) is 9.59 Å². The van der Waals surface area contributed by atoms with Crippen molar-refractivity contribution >= 4 is 28.5 Å². The van der Waals surface area contributed by atoms with Gasteiger partial charge in [-0.1, -0.05) is 0 Å². The number of methoxy groups -OCH3 is 1. The van der Waals surface area contributed by atoms with Gasteiger partial charge < -0.3 is 24.5 Å². The number of fused-ring (bicyclic) bond motifs is 1. The van der Waals surface area contributed by atoms with E-state index in [1.54, 1.807) is 20.4 Å². The molecule has 2 heterocycles. The van der Waals surface area contributed by atoms with Crippen molar-refractivity contribution in [1.29, 1.82) is 0 Å². The quantitative estimate of drug-likeness (QED) is 0.710. The van der Waals surface area contributed by atoms with Gasteiger partial charge in [0.05, 0.1) is 23.7 Å². The highest BCUT2D eigenvalue weighted by Gasteiger charge is 2.30. The van der Waals surface area contributed by atoms with Crippen molar-refractivity contribution in [2.45, 2.75) is 12.8 Å². The summed E-state index contributed by atoms with van der Waals surface area (Å²) in [6, 6.07) is 5.68. The molecule has 2 N–H and O–H groups in total. The average Bonchev–Trinajstić information content (AvgIpc) is 3.42. The third kappa shape index (κ3) is 2.90. The second-order valence-corrected chi connectivity index (χ2v) is 7.08. The molecule has 1 aromatic carbocycles. The lowest BCUT2D eigenvalue weighted by Gasteiger charge is -2.08. The molecule has 2 aromatic heterocycles. The van der Waals surface area contributed by atoms with Gasteiger partial charge in [-0.2, -0.15) is 0 Å². The van der Waals surface area contributed by atoms with Gasteiger partial charge in [-0.25, -0.2) is 4.98 Å². The van der Waals surface area contributed by atoms with E-state index >= 15 is 0 Å². The first-order valence-corrected chi connectivity index (χ1v) is 9.17. The van der Waals surface area contributed by atoms with E-state index in [0.717, 1.165) is 29.6 Å². The summed E-state index contributed by atoms with van der Waals surface area (Å²) in [5.41, 5.74) is 3.58. The van der Waals surface area contributed by atoms with Crippen molar-refractivity contribution in [3.8, 4) is 17.3 Å². The predicted molar refractivity (Wildman–Crippen MR) is 106 cm³/mol. The van der Waals surface area contributed by atoms with Gasteiger partial charge in [0.25, 0.3) is 5.91 Å². The van der Waals surface area contributed by atoms with Crippen LogP contribution in [0.2, 0.25) is 0 Å². The van der Waals surface area contributed by atoms with Crippen LogP contribution < -0.4 is 15.4 Å². The standard InChI is InChI=1S/C20H23N5O3/c1-21-20(27)13-10-24(2)16(17(13)28-4)18-23-14-9-12(7-8-15(14)25(18)3)22-19(26)11-5-6-11/h7-11H,5-6H2,1-4H3,(H,21,27)(H,22,26). The Labute approximate surface area is 162 Å². The molecule has 0 radical (unpaired) electrons. The molecule has 1 saturated carbocycles. The molecule has 0 atom stereocenters. The fourth-order valence-corrected chi connectivity index (χ4v) is 3.45. The van der Waals surface area contributed by atoms with Crippen molar-refractivity contribution in [2.24, 2.45) is 20.0 Å². The van der Waals surface area contributed by atoms with Crippen LogP contribution in [-0.2, 0) is 18.9 Å². The van der Waals surface area contributed by atoms with Crippen molar-refractivity contribution in [3.63, 3.8) is 0 Å². The summed E-state index contributed by atoms with van der Waals surface area (Å²) < 4.78 is 9.33. The van der Waals surface area contributed by atoms with Gasteiger partial charge in [0, 0.05) is 38.9 Å². The molecule has 0 aliphatic heterocycles. The van der Waals surface area contributed by atoms with E-state index in [1.165, 1.54) is 0 Å².